The van der Waals surface area contributed by atoms with Crippen LogP contribution in [0.5, 0.6) is 0 Å². The smallest absolute Gasteiger partial charge is 0.103 e. The van der Waals surface area contributed by atoms with Crippen LogP contribution in [0.4, 0.5) is 0 Å². The number of pyridine rings is 1. The molecule has 4 nitrogen and oxygen atoms in total. The summed E-state index contributed by atoms with van der Waals surface area (Å²) in [7, 11) is 0. The van der Waals surface area contributed by atoms with E-state index < -0.39 is 6.10 Å². The zero-order valence-corrected chi connectivity index (χ0v) is 13.3. The Morgan fingerprint density at radius 3 is 2.81 bits per heavy atom. The molecule has 2 heterocycles. The van der Waals surface area contributed by atoms with Crippen molar-refractivity contribution >= 4 is 26.8 Å². The van der Waals surface area contributed by atoms with Crippen LogP contribution in [-0.2, 0) is 13.0 Å². The Hall–Kier alpha value is -1.72. The van der Waals surface area contributed by atoms with Crippen molar-refractivity contribution in [1.29, 1.82) is 0 Å². The minimum absolute atomic E-state index is 0.448. The average Bonchev–Trinajstić information content (AvgIpc) is 2.86. The van der Waals surface area contributed by atoms with Gasteiger partial charge in [0.15, 0.2) is 0 Å². The molecule has 0 fully saturated rings. The molecule has 108 valence electrons. The number of halogens is 1. The van der Waals surface area contributed by atoms with E-state index in [1.165, 1.54) is 0 Å². The van der Waals surface area contributed by atoms with Gasteiger partial charge in [0.1, 0.15) is 6.10 Å². The van der Waals surface area contributed by atoms with Gasteiger partial charge in [0.05, 0.1) is 16.9 Å². The lowest BCUT2D eigenvalue weighted by Gasteiger charge is -2.10. The zero-order chi connectivity index (χ0) is 14.8. The van der Waals surface area contributed by atoms with E-state index in [-0.39, 0.29) is 0 Å². The summed E-state index contributed by atoms with van der Waals surface area (Å²) in [6.45, 7) is 2.87. The number of aliphatic hydroxyl groups is 1. The summed E-state index contributed by atoms with van der Waals surface area (Å²) < 4.78 is 2.78. The average molecular weight is 346 g/mol. The molecule has 1 aromatic carbocycles. The Labute approximate surface area is 131 Å². The van der Waals surface area contributed by atoms with Gasteiger partial charge in [-0.2, -0.15) is 5.10 Å². The van der Waals surface area contributed by atoms with Crippen LogP contribution in [-0.4, -0.2) is 19.9 Å². The summed E-state index contributed by atoms with van der Waals surface area (Å²) in [5.74, 6) is 0. The summed E-state index contributed by atoms with van der Waals surface area (Å²) in [5, 5.41) is 16.2. The lowest BCUT2D eigenvalue weighted by atomic mass is 10.1. The maximum Gasteiger partial charge on any atom is 0.103 e. The van der Waals surface area contributed by atoms with Crippen LogP contribution in [0.25, 0.3) is 10.9 Å². The molecule has 2 aromatic heterocycles. The molecule has 0 aliphatic carbocycles. The Morgan fingerprint density at radius 2 is 2.05 bits per heavy atom. The largest absolute Gasteiger partial charge is 0.386 e. The number of nitrogens with zero attached hydrogens (tertiary/aromatic N) is 3. The highest BCUT2D eigenvalue weighted by Gasteiger charge is 2.17. The van der Waals surface area contributed by atoms with Gasteiger partial charge >= 0.3 is 0 Å². The Bertz CT molecular complexity index is 769. The van der Waals surface area contributed by atoms with Crippen molar-refractivity contribution in [2.45, 2.75) is 26.0 Å². The van der Waals surface area contributed by atoms with Gasteiger partial charge in [-0.05, 0) is 41.1 Å². The third kappa shape index (κ3) is 2.71. The van der Waals surface area contributed by atoms with E-state index in [1.807, 2.05) is 35.0 Å². The topological polar surface area (TPSA) is 50.9 Å². The number of benzene rings is 1. The third-order valence-corrected chi connectivity index (χ3v) is 4.19. The SMILES string of the molecule is CCn1nc(CC(O)c2ncccc2Br)c2ccccc21. The van der Waals surface area contributed by atoms with Crippen LogP contribution in [0.1, 0.15) is 24.4 Å². The van der Waals surface area contributed by atoms with Crippen LogP contribution in [0.15, 0.2) is 47.1 Å². The maximum atomic E-state index is 10.5. The molecule has 1 unspecified atom stereocenters. The molecule has 3 aromatic rings. The van der Waals surface area contributed by atoms with E-state index in [0.29, 0.717) is 12.1 Å². The first-order valence-electron chi connectivity index (χ1n) is 6.93. The molecule has 1 N–H and O–H groups in total. The second-order valence-corrected chi connectivity index (χ2v) is 5.72. The van der Waals surface area contributed by atoms with Crippen molar-refractivity contribution in [1.82, 2.24) is 14.8 Å². The Kier molecular flexibility index (Phi) is 4.03. The lowest BCUT2D eigenvalue weighted by Crippen LogP contribution is -2.06. The van der Waals surface area contributed by atoms with E-state index in [2.05, 4.69) is 39.0 Å². The van der Waals surface area contributed by atoms with Crippen molar-refractivity contribution in [3.63, 3.8) is 0 Å². The van der Waals surface area contributed by atoms with Crippen molar-refractivity contribution in [2.75, 3.05) is 0 Å². The first kappa shape index (κ1) is 14.2. The van der Waals surface area contributed by atoms with Crippen molar-refractivity contribution < 1.29 is 5.11 Å². The summed E-state index contributed by atoms with van der Waals surface area (Å²) >= 11 is 3.43. The standard InChI is InChI=1S/C16H16BrN3O/c1-2-20-14-8-4-3-6-11(14)13(19-20)10-15(21)16-12(17)7-5-9-18-16/h3-9,15,21H,2,10H2,1H3. The fourth-order valence-electron chi connectivity index (χ4n) is 2.51. The molecule has 0 aliphatic rings. The number of rotatable bonds is 4. The number of aromatic nitrogens is 3. The molecular formula is C16H16BrN3O. The van der Waals surface area contributed by atoms with Gasteiger partial charge in [-0.1, -0.05) is 18.2 Å². The highest BCUT2D eigenvalue weighted by Crippen LogP contribution is 2.26. The van der Waals surface area contributed by atoms with Gasteiger partial charge in [0.2, 0.25) is 0 Å². The zero-order valence-electron chi connectivity index (χ0n) is 11.7. The highest BCUT2D eigenvalue weighted by atomic mass is 79.9. The number of fused-ring (bicyclic) bond motifs is 1. The molecule has 0 saturated carbocycles. The van der Waals surface area contributed by atoms with Crippen molar-refractivity contribution in [3.8, 4) is 0 Å². The quantitative estimate of drug-likeness (QED) is 0.787. The first-order chi connectivity index (χ1) is 10.2. The monoisotopic (exact) mass is 345 g/mol. The lowest BCUT2D eigenvalue weighted by molar-refractivity contribution is 0.171. The molecule has 0 amide bonds. The molecule has 0 bridgehead atoms. The normalized spacial score (nSPS) is 12.7. The predicted octanol–water partition coefficient (Wildman–Crippen LogP) is 3.49. The van der Waals surface area contributed by atoms with Crippen LogP contribution in [0.2, 0.25) is 0 Å². The van der Waals surface area contributed by atoms with Gasteiger partial charge in [-0.3, -0.25) is 9.67 Å². The molecule has 1 atom stereocenters. The second-order valence-electron chi connectivity index (χ2n) is 4.87. The van der Waals surface area contributed by atoms with Gasteiger partial charge in [-0.15, -0.1) is 0 Å². The fourth-order valence-corrected chi connectivity index (χ4v) is 3.03. The molecular weight excluding hydrogens is 330 g/mol. The van der Waals surface area contributed by atoms with Gasteiger partial charge in [-0.25, -0.2) is 0 Å². The Balaban J connectivity index is 1.97. The maximum absolute atomic E-state index is 10.5. The van der Waals surface area contributed by atoms with E-state index in [9.17, 15) is 5.11 Å². The number of aliphatic hydroxyl groups excluding tert-OH is 1. The van der Waals surface area contributed by atoms with E-state index in [1.54, 1.807) is 6.20 Å². The van der Waals surface area contributed by atoms with Crippen LogP contribution in [0, 0.1) is 0 Å². The van der Waals surface area contributed by atoms with Crippen LogP contribution < -0.4 is 0 Å². The minimum atomic E-state index is -0.677. The molecule has 3 rings (SSSR count). The number of para-hydroxylation sites is 1. The molecule has 5 heteroatoms. The second kappa shape index (κ2) is 5.95. The van der Waals surface area contributed by atoms with Gasteiger partial charge in [0.25, 0.3) is 0 Å². The van der Waals surface area contributed by atoms with Gasteiger partial charge in [0, 0.05) is 29.0 Å². The number of hydrogen-bond acceptors (Lipinski definition) is 3. The first-order valence-corrected chi connectivity index (χ1v) is 7.73. The highest BCUT2D eigenvalue weighted by molar-refractivity contribution is 9.10. The summed E-state index contributed by atoms with van der Waals surface area (Å²) in [4.78, 5) is 4.25. The third-order valence-electron chi connectivity index (χ3n) is 3.52. The minimum Gasteiger partial charge on any atom is -0.386 e. The fraction of sp³-hybridized carbons (Fsp3) is 0.250. The van der Waals surface area contributed by atoms with Crippen LogP contribution in [0.3, 0.4) is 0 Å². The van der Waals surface area contributed by atoms with Crippen molar-refractivity contribution in [3.05, 3.63) is 58.5 Å². The van der Waals surface area contributed by atoms with Crippen LogP contribution >= 0.6 is 15.9 Å². The Morgan fingerprint density at radius 1 is 1.24 bits per heavy atom. The molecule has 0 spiro atoms. The molecule has 0 saturated heterocycles. The molecule has 0 aliphatic heterocycles. The predicted molar refractivity (Wildman–Crippen MR) is 86.0 cm³/mol. The van der Waals surface area contributed by atoms with E-state index in [0.717, 1.165) is 27.6 Å². The van der Waals surface area contributed by atoms with E-state index in [4.69, 9.17) is 0 Å². The van der Waals surface area contributed by atoms with Gasteiger partial charge < -0.3 is 5.11 Å². The number of aryl methyl sites for hydroxylation is 1. The van der Waals surface area contributed by atoms with Crippen molar-refractivity contribution in [2.24, 2.45) is 0 Å². The number of hydrogen-bond donors (Lipinski definition) is 1. The summed E-state index contributed by atoms with van der Waals surface area (Å²) in [6, 6.07) is 11.8. The summed E-state index contributed by atoms with van der Waals surface area (Å²) in [5.41, 5.74) is 2.65. The summed E-state index contributed by atoms with van der Waals surface area (Å²) in [6.07, 6.45) is 1.46. The van der Waals surface area contributed by atoms with E-state index >= 15 is 0 Å². The molecule has 0 radical (unpaired) electrons. The molecule has 21 heavy (non-hydrogen) atoms.